The number of nitrogens with zero attached hydrogens (tertiary/aromatic N) is 1. The number of carbonyl (C=O) groups is 1. The molecule has 0 unspecified atom stereocenters. The smallest absolute Gasteiger partial charge is 0.337 e. The summed E-state index contributed by atoms with van der Waals surface area (Å²) < 4.78 is 0. The van der Waals surface area contributed by atoms with E-state index in [-0.39, 0.29) is 5.56 Å². The number of para-hydroxylation sites is 1. The molecule has 3 nitrogen and oxygen atoms in total. The molecule has 0 saturated heterocycles. The first-order valence-electron chi connectivity index (χ1n) is 6.50. The van der Waals surface area contributed by atoms with Gasteiger partial charge in [0.15, 0.2) is 0 Å². The number of hydrogen-bond acceptors (Lipinski definition) is 2. The predicted molar refractivity (Wildman–Crippen MR) is 79.6 cm³/mol. The lowest BCUT2D eigenvalue weighted by atomic mass is 10.1. The molecule has 1 N–H and O–H groups in total. The fourth-order valence-corrected chi connectivity index (χ4v) is 2.91. The summed E-state index contributed by atoms with van der Waals surface area (Å²) in [6, 6.07) is 13.5. The Bertz CT molecular complexity index is 669. The van der Waals surface area contributed by atoms with Crippen LogP contribution in [0.15, 0.2) is 42.5 Å². The number of hydrogen-bond donors (Lipinski definition) is 1. The van der Waals surface area contributed by atoms with Crippen molar-refractivity contribution in [1.29, 1.82) is 0 Å². The molecular formula is C16H14ClNO2. The fourth-order valence-electron chi connectivity index (χ4n) is 2.62. The van der Waals surface area contributed by atoms with Gasteiger partial charge in [0.05, 0.1) is 10.6 Å². The van der Waals surface area contributed by atoms with E-state index < -0.39 is 5.97 Å². The van der Waals surface area contributed by atoms with Crippen molar-refractivity contribution in [2.75, 3.05) is 11.4 Å². The summed E-state index contributed by atoms with van der Waals surface area (Å²) >= 11 is 6.01. The van der Waals surface area contributed by atoms with E-state index in [1.807, 2.05) is 12.1 Å². The number of aromatic carboxylic acids is 1. The molecule has 102 valence electrons. The Morgan fingerprint density at radius 3 is 2.80 bits per heavy atom. The molecule has 0 fully saturated rings. The Morgan fingerprint density at radius 2 is 2.05 bits per heavy atom. The van der Waals surface area contributed by atoms with Crippen molar-refractivity contribution in [1.82, 2.24) is 0 Å². The number of anilines is 1. The van der Waals surface area contributed by atoms with Gasteiger partial charge in [-0.25, -0.2) is 4.79 Å². The SMILES string of the molecule is O=C(O)c1ccc(CN2CCc3ccccc32)cc1Cl. The monoisotopic (exact) mass is 287 g/mol. The standard InChI is InChI=1S/C16H14ClNO2/c17-14-9-11(5-6-13(14)16(19)20)10-18-8-7-12-3-1-2-4-15(12)18/h1-6,9H,7-8,10H2,(H,19,20). The Morgan fingerprint density at radius 1 is 1.25 bits per heavy atom. The van der Waals surface area contributed by atoms with Crippen LogP contribution in [0.25, 0.3) is 0 Å². The highest BCUT2D eigenvalue weighted by molar-refractivity contribution is 6.33. The van der Waals surface area contributed by atoms with Crippen molar-refractivity contribution in [3.63, 3.8) is 0 Å². The molecule has 0 aliphatic carbocycles. The van der Waals surface area contributed by atoms with Crippen molar-refractivity contribution in [2.24, 2.45) is 0 Å². The predicted octanol–water partition coefficient (Wildman–Crippen LogP) is 3.60. The molecule has 0 spiro atoms. The summed E-state index contributed by atoms with van der Waals surface area (Å²) in [6.07, 6.45) is 1.05. The third-order valence-corrected chi connectivity index (χ3v) is 3.93. The molecule has 0 amide bonds. The van der Waals surface area contributed by atoms with Crippen LogP contribution in [0.2, 0.25) is 5.02 Å². The second-order valence-electron chi connectivity index (χ2n) is 4.92. The highest BCUT2D eigenvalue weighted by atomic mass is 35.5. The molecule has 0 aromatic heterocycles. The van der Waals surface area contributed by atoms with Gasteiger partial charge in [0.2, 0.25) is 0 Å². The maximum Gasteiger partial charge on any atom is 0.337 e. The van der Waals surface area contributed by atoms with E-state index in [4.69, 9.17) is 16.7 Å². The summed E-state index contributed by atoms with van der Waals surface area (Å²) in [5.74, 6) is -0.993. The number of fused-ring (bicyclic) bond motifs is 1. The van der Waals surface area contributed by atoms with Crippen molar-refractivity contribution in [3.8, 4) is 0 Å². The van der Waals surface area contributed by atoms with Crippen LogP contribution in [-0.4, -0.2) is 17.6 Å². The largest absolute Gasteiger partial charge is 0.478 e. The molecule has 0 atom stereocenters. The van der Waals surface area contributed by atoms with Crippen LogP contribution in [-0.2, 0) is 13.0 Å². The number of halogens is 1. The van der Waals surface area contributed by atoms with E-state index >= 15 is 0 Å². The second-order valence-corrected chi connectivity index (χ2v) is 5.33. The zero-order valence-electron chi connectivity index (χ0n) is 10.8. The number of carboxylic acid groups (broad SMARTS) is 1. The zero-order valence-corrected chi connectivity index (χ0v) is 11.6. The third kappa shape index (κ3) is 2.37. The Labute approximate surface area is 122 Å². The molecule has 1 aliphatic heterocycles. The average Bonchev–Trinajstić information content (AvgIpc) is 2.82. The van der Waals surface area contributed by atoms with Gasteiger partial charge in [0.1, 0.15) is 0 Å². The fraction of sp³-hybridized carbons (Fsp3) is 0.188. The normalized spacial score (nSPS) is 13.3. The van der Waals surface area contributed by atoms with Gasteiger partial charge in [-0.1, -0.05) is 35.9 Å². The quantitative estimate of drug-likeness (QED) is 0.938. The number of benzene rings is 2. The molecular weight excluding hydrogens is 274 g/mol. The van der Waals surface area contributed by atoms with Crippen molar-refractivity contribution < 1.29 is 9.90 Å². The van der Waals surface area contributed by atoms with Gasteiger partial charge in [-0.2, -0.15) is 0 Å². The molecule has 1 heterocycles. The lowest BCUT2D eigenvalue weighted by Crippen LogP contribution is -2.19. The van der Waals surface area contributed by atoms with Crippen LogP contribution in [0, 0.1) is 0 Å². The highest BCUT2D eigenvalue weighted by Gasteiger charge is 2.18. The van der Waals surface area contributed by atoms with Gasteiger partial charge in [-0.3, -0.25) is 0 Å². The maximum atomic E-state index is 10.9. The molecule has 20 heavy (non-hydrogen) atoms. The van der Waals surface area contributed by atoms with E-state index in [2.05, 4.69) is 23.1 Å². The molecule has 0 bridgehead atoms. The van der Waals surface area contributed by atoms with E-state index in [1.165, 1.54) is 11.3 Å². The first kappa shape index (κ1) is 13.0. The first-order chi connectivity index (χ1) is 9.65. The second kappa shape index (κ2) is 5.17. The average molecular weight is 288 g/mol. The van der Waals surface area contributed by atoms with Crippen LogP contribution in [0.5, 0.6) is 0 Å². The molecule has 4 heteroatoms. The Balaban J connectivity index is 1.83. The van der Waals surface area contributed by atoms with E-state index in [1.54, 1.807) is 12.1 Å². The lowest BCUT2D eigenvalue weighted by Gasteiger charge is -2.19. The van der Waals surface area contributed by atoms with Gasteiger partial charge >= 0.3 is 5.97 Å². The summed E-state index contributed by atoms with van der Waals surface area (Å²) in [5.41, 5.74) is 3.79. The van der Waals surface area contributed by atoms with Crippen molar-refractivity contribution in [3.05, 3.63) is 64.2 Å². The van der Waals surface area contributed by atoms with E-state index in [0.717, 1.165) is 25.1 Å². The lowest BCUT2D eigenvalue weighted by molar-refractivity contribution is 0.0697. The highest BCUT2D eigenvalue weighted by Crippen LogP contribution is 2.29. The summed E-state index contributed by atoms with van der Waals surface area (Å²) in [7, 11) is 0. The van der Waals surface area contributed by atoms with Crippen molar-refractivity contribution >= 4 is 23.3 Å². The van der Waals surface area contributed by atoms with Gasteiger partial charge < -0.3 is 10.0 Å². The van der Waals surface area contributed by atoms with Gasteiger partial charge in [-0.15, -0.1) is 0 Å². The van der Waals surface area contributed by atoms with E-state index in [9.17, 15) is 4.79 Å². The van der Waals surface area contributed by atoms with Crippen LogP contribution in [0.4, 0.5) is 5.69 Å². The minimum Gasteiger partial charge on any atom is -0.478 e. The van der Waals surface area contributed by atoms with Crippen LogP contribution < -0.4 is 4.90 Å². The Kier molecular flexibility index (Phi) is 3.36. The molecule has 0 radical (unpaired) electrons. The topological polar surface area (TPSA) is 40.5 Å². The van der Waals surface area contributed by atoms with Crippen LogP contribution in [0.1, 0.15) is 21.5 Å². The molecule has 0 saturated carbocycles. The first-order valence-corrected chi connectivity index (χ1v) is 6.87. The van der Waals surface area contributed by atoms with Crippen LogP contribution in [0.3, 0.4) is 0 Å². The number of rotatable bonds is 3. The molecule has 3 rings (SSSR count). The maximum absolute atomic E-state index is 10.9. The third-order valence-electron chi connectivity index (χ3n) is 3.62. The van der Waals surface area contributed by atoms with E-state index in [0.29, 0.717) is 5.02 Å². The van der Waals surface area contributed by atoms with Gasteiger partial charge in [0, 0.05) is 18.8 Å². The van der Waals surface area contributed by atoms with Gasteiger partial charge in [0.25, 0.3) is 0 Å². The number of carboxylic acids is 1. The Hall–Kier alpha value is -2.00. The molecule has 2 aromatic carbocycles. The van der Waals surface area contributed by atoms with Crippen LogP contribution >= 0.6 is 11.6 Å². The minimum absolute atomic E-state index is 0.150. The molecule has 2 aromatic rings. The van der Waals surface area contributed by atoms with Gasteiger partial charge in [-0.05, 0) is 35.7 Å². The summed E-state index contributed by atoms with van der Waals surface area (Å²) in [5, 5.41) is 9.27. The van der Waals surface area contributed by atoms with Crippen molar-refractivity contribution in [2.45, 2.75) is 13.0 Å². The minimum atomic E-state index is -0.993. The summed E-state index contributed by atoms with van der Waals surface area (Å²) in [4.78, 5) is 13.2. The summed E-state index contributed by atoms with van der Waals surface area (Å²) in [6.45, 7) is 1.73. The molecule has 1 aliphatic rings. The zero-order chi connectivity index (χ0) is 14.1.